The average Bonchev–Trinajstić information content (AvgIpc) is 2.44. The van der Waals surface area contributed by atoms with Crippen LogP contribution in [-0.2, 0) is 0 Å². The number of aliphatic hydroxyl groups excluding tert-OH is 1. The van der Waals surface area contributed by atoms with Crippen LogP contribution >= 0.6 is 23.2 Å². The summed E-state index contributed by atoms with van der Waals surface area (Å²) in [5.74, 6) is 0.715. The van der Waals surface area contributed by atoms with Crippen molar-refractivity contribution in [1.82, 2.24) is 0 Å². The molecule has 5 heteroatoms. The van der Waals surface area contributed by atoms with Crippen LogP contribution in [0.5, 0.6) is 5.75 Å². The van der Waals surface area contributed by atoms with Gasteiger partial charge in [-0.2, -0.15) is 0 Å². The molecule has 0 fully saturated rings. The third-order valence-electron chi connectivity index (χ3n) is 2.84. The summed E-state index contributed by atoms with van der Waals surface area (Å²) in [7, 11) is 1.59. The third kappa shape index (κ3) is 4.04. The Morgan fingerprint density at radius 3 is 2.50 bits per heavy atom. The molecule has 0 saturated carbocycles. The van der Waals surface area contributed by atoms with Crippen molar-refractivity contribution < 1.29 is 9.84 Å². The summed E-state index contributed by atoms with van der Waals surface area (Å²) in [6.07, 6.45) is -0.650. The van der Waals surface area contributed by atoms with E-state index in [0.29, 0.717) is 22.3 Å². The smallest absolute Gasteiger partial charge is 0.119 e. The topological polar surface area (TPSA) is 41.5 Å². The quantitative estimate of drug-likeness (QED) is 0.871. The first kappa shape index (κ1) is 15.0. The molecule has 0 bridgehead atoms. The van der Waals surface area contributed by atoms with Crippen molar-refractivity contribution in [3.63, 3.8) is 0 Å². The van der Waals surface area contributed by atoms with Crippen molar-refractivity contribution in [3.8, 4) is 5.75 Å². The highest BCUT2D eigenvalue weighted by Crippen LogP contribution is 2.24. The van der Waals surface area contributed by atoms with Gasteiger partial charge in [0, 0.05) is 22.3 Å². The minimum absolute atomic E-state index is 0.351. The van der Waals surface area contributed by atoms with Crippen LogP contribution in [0.25, 0.3) is 0 Å². The second-order valence-corrected chi connectivity index (χ2v) is 5.20. The lowest BCUT2D eigenvalue weighted by molar-refractivity contribution is 0.191. The zero-order chi connectivity index (χ0) is 14.5. The van der Waals surface area contributed by atoms with Gasteiger partial charge in [-0.1, -0.05) is 35.3 Å². The first-order valence-corrected chi connectivity index (χ1v) is 6.86. The van der Waals surface area contributed by atoms with Gasteiger partial charge >= 0.3 is 0 Å². The average molecular weight is 312 g/mol. The van der Waals surface area contributed by atoms with Crippen LogP contribution in [-0.4, -0.2) is 18.8 Å². The summed E-state index contributed by atoms with van der Waals surface area (Å²) in [5.41, 5.74) is 1.55. The molecule has 0 radical (unpaired) electrons. The van der Waals surface area contributed by atoms with E-state index in [1.165, 1.54) is 0 Å². The molecule has 0 heterocycles. The van der Waals surface area contributed by atoms with Gasteiger partial charge in [0.1, 0.15) is 5.75 Å². The van der Waals surface area contributed by atoms with Crippen LogP contribution < -0.4 is 10.1 Å². The van der Waals surface area contributed by atoms with Crippen LogP contribution in [0.2, 0.25) is 10.0 Å². The Hall–Kier alpha value is -1.42. The predicted molar refractivity (Wildman–Crippen MR) is 82.9 cm³/mol. The van der Waals surface area contributed by atoms with Crippen LogP contribution in [0.1, 0.15) is 11.7 Å². The zero-order valence-corrected chi connectivity index (χ0v) is 12.4. The first-order valence-electron chi connectivity index (χ1n) is 6.10. The molecule has 3 nitrogen and oxygen atoms in total. The highest BCUT2D eigenvalue weighted by Gasteiger charge is 2.08. The lowest BCUT2D eigenvalue weighted by Crippen LogP contribution is -2.12. The van der Waals surface area contributed by atoms with Crippen LogP contribution in [0.15, 0.2) is 42.5 Å². The van der Waals surface area contributed by atoms with E-state index in [2.05, 4.69) is 5.32 Å². The molecule has 1 atom stereocenters. The number of anilines is 1. The maximum Gasteiger partial charge on any atom is 0.119 e. The number of hydrogen-bond acceptors (Lipinski definition) is 3. The minimum Gasteiger partial charge on any atom is -0.497 e. The maximum atomic E-state index is 10.2. The second kappa shape index (κ2) is 6.84. The highest BCUT2D eigenvalue weighted by atomic mass is 35.5. The van der Waals surface area contributed by atoms with E-state index in [1.54, 1.807) is 31.4 Å². The van der Waals surface area contributed by atoms with Crippen molar-refractivity contribution in [2.75, 3.05) is 19.0 Å². The Balaban J connectivity index is 2.02. The van der Waals surface area contributed by atoms with Gasteiger partial charge in [-0.3, -0.25) is 0 Å². The van der Waals surface area contributed by atoms with E-state index >= 15 is 0 Å². The van der Waals surface area contributed by atoms with Gasteiger partial charge in [0.2, 0.25) is 0 Å². The molecule has 0 spiro atoms. The van der Waals surface area contributed by atoms with E-state index in [9.17, 15) is 5.11 Å². The highest BCUT2D eigenvalue weighted by molar-refractivity contribution is 6.35. The number of ether oxygens (including phenoxy) is 1. The van der Waals surface area contributed by atoms with Crippen LogP contribution in [0.3, 0.4) is 0 Å². The van der Waals surface area contributed by atoms with Crippen LogP contribution in [0.4, 0.5) is 5.69 Å². The Bertz CT molecular complexity index is 570. The number of rotatable bonds is 5. The number of benzene rings is 2. The van der Waals surface area contributed by atoms with E-state index in [0.717, 1.165) is 11.3 Å². The zero-order valence-electron chi connectivity index (χ0n) is 10.9. The Kier molecular flexibility index (Phi) is 5.12. The summed E-state index contributed by atoms with van der Waals surface area (Å²) in [6.45, 7) is 0.351. The monoisotopic (exact) mass is 311 g/mol. The normalized spacial score (nSPS) is 12.0. The third-order valence-corrected chi connectivity index (χ3v) is 3.28. The molecule has 106 valence electrons. The molecule has 0 aliphatic rings. The molecular formula is C15H15Cl2NO2. The van der Waals surface area contributed by atoms with E-state index < -0.39 is 6.10 Å². The van der Waals surface area contributed by atoms with Crippen LogP contribution in [0, 0.1) is 0 Å². The number of halogens is 2. The van der Waals surface area contributed by atoms with E-state index in [-0.39, 0.29) is 0 Å². The molecule has 0 aliphatic heterocycles. The Morgan fingerprint density at radius 1 is 1.15 bits per heavy atom. The van der Waals surface area contributed by atoms with Gasteiger partial charge in [-0.25, -0.2) is 0 Å². The molecule has 2 aromatic rings. The summed E-state index contributed by atoms with van der Waals surface area (Å²) >= 11 is 11.8. The largest absolute Gasteiger partial charge is 0.497 e. The number of methoxy groups -OCH3 is 1. The van der Waals surface area contributed by atoms with Crippen molar-refractivity contribution in [2.24, 2.45) is 0 Å². The fourth-order valence-electron chi connectivity index (χ4n) is 1.84. The molecule has 0 aromatic heterocycles. The molecule has 2 rings (SSSR count). The Labute approximate surface area is 128 Å². The SMILES string of the molecule is COc1cccc(C(O)CNc2cc(Cl)cc(Cl)c2)c1. The maximum absolute atomic E-state index is 10.2. The summed E-state index contributed by atoms with van der Waals surface area (Å²) in [5, 5.41) is 14.4. The van der Waals surface area contributed by atoms with Gasteiger partial charge in [-0.05, 0) is 35.9 Å². The summed E-state index contributed by atoms with van der Waals surface area (Å²) in [4.78, 5) is 0. The Morgan fingerprint density at radius 2 is 1.85 bits per heavy atom. The van der Waals surface area contributed by atoms with Gasteiger partial charge < -0.3 is 15.2 Å². The molecular weight excluding hydrogens is 297 g/mol. The molecule has 0 aliphatic carbocycles. The minimum atomic E-state index is -0.650. The fourth-order valence-corrected chi connectivity index (χ4v) is 2.36. The molecule has 0 saturated heterocycles. The van der Waals surface area contributed by atoms with Crippen molar-refractivity contribution in [2.45, 2.75) is 6.10 Å². The van der Waals surface area contributed by atoms with Crippen molar-refractivity contribution >= 4 is 28.9 Å². The molecule has 2 N–H and O–H groups in total. The lowest BCUT2D eigenvalue weighted by atomic mass is 10.1. The lowest BCUT2D eigenvalue weighted by Gasteiger charge is -2.14. The second-order valence-electron chi connectivity index (χ2n) is 4.33. The molecule has 0 amide bonds. The van der Waals surface area contributed by atoms with Crippen molar-refractivity contribution in [1.29, 1.82) is 0 Å². The number of nitrogens with one attached hydrogen (secondary N) is 1. The first-order chi connectivity index (χ1) is 9.58. The fraction of sp³-hybridized carbons (Fsp3) is 0.200. The summed E-state index contributed by atoms with van der Waals surface area (Å²) in [6, 6.07) is 12.5. The molecule has 20 heavy (non-hydrogen) atoms. The van der Waals surface area contributed by atoms with E-state index in [4.69, 9.17) is 27.9 Å². The van der Waals surface area contributed by atoms with Gasteiger partial charge in [0.15, 0.2) is 0 Å². The number of hydrogen-bond donors (Lipinski definition) is 2. The van der Waals surface area contributed by atoms with Crippen molar-refractivity contribution in [3.05, 3.63) is 58.1 Å². The predicted octanol–water partition coefficient (Wildman–Crippen LogP) is 4.15. The van der Waals surface area contributed by atoms with Gasteiger partial charge in [0.05, 0.1) is 13.2 Å². The summed E-state index contributed by atoms with van der Waals surface area (Å²) < 4.78 is 5.13. The molecule has 1 unspecified atom stereocenters. The molecule has 2 aromatic carbocycles. The standard InChI is InChI=1S/C15H15Cl2NO2/c1-20-14-4-2-3-10(5-14)15(19)9-18-13-7-11(16)6-12(17)8-13/h2-8,15,18-19H,9H2,1H3. The van der Waals surface area contributed by atoms with Gasteiger partial charge in [-0.15, -0.1) is 0 Å². The number of aliphatic hydroxyl groups is 1. The van der Waals surface area contributed by atoms with E-state index in [1.807, 2.05) is 18.2 Å². The van der Waals surface area contributed by atoms with Gasteiger partial charge in [0.25, 0.3) is 0 Å².